The molecule has 0 spiro atoms. The van der Waals surface area contributed by atoms with E-state index in [4.69, 9.17) is 10.5 Å². The second-order valence-corrected chi connectivity index (χ2v) is 7.86. The van der Waals surface area contributed by atoms with Crippen LogP contribution in [0.2, 0.25) is 0 Å². The van der Waals surface area contributed by atoms with Crippen LogP contribution in [-0.2, 0) is 16.6 Å². The van der Waals surface area contributed by atoms with Gasteiger partial charge in [-0.25, -0.2) is 12.7 Å². The van der Waals surface area contributed by atoms with Crippen molar-refractivity contribution in [2.45, 2.75) is 18.4 Å². The van der Waals surface area contributed by atoms with Crippen LogP contribution in [0.4, 0.5) is 5.69 Å². The number of rotatable bonds is 7. The molecule has 2 rings (SSSR count). The van der Waals surface area contributed by atoms with Crippen LogP contribution in [0.25, 0.3) is 0 Å². The van der Waals surface area contributed by atoms with Crippen LogP contribution in [0, 0.1) is 0 Å². The molecule has 0 aliphatic heterocycles. The zero-order chi connectivity index (χ0) is 19.3. The lowest BCUT2D eigenvalue weighted by molar-refractivity contribution is 0.102. The Morgan fingerprint density at radius 3 is 2.35 bits per heavy atom. The maximum absolute atomic E-state index is 12.5. The molecule has 2 aromatic carbocycles. The van der Waals surface area contributed by atoms with Gasteiger partial charge in [0.15, 0.2) is 0 Å². The minimum absolute atomic E-state index is 0.000583. The Bertz CT molecular complexity index is 878. The van der Waals surface area contributed by atoms with Gasteiger partial charge in [-0.2, -0.15) is 0 Å². The van der Waals surface area contributed by atoms with E-state index in [0.29, 0.717) is 24.4 Å². The largest absolute Gasteiger partial charge is 0.492 e. The predicted octanol–water partition coefficient (Wildman–Crippen LogP) is 2.05. The summed E-state index contributed by atoms with van der Waals surface area (Å²) in [7, 11) is -0.839. The first-order chi connectivity index (χ1) is 12.3. The second kappa shape index (κ2) is 8.31. The molecule has 1 amide bonds. The lowest BCUT2D eigenvalue weighted by Gasteiger charge is -2.16. The SMILES string of the molecule is CCOc1ccc(NC(=O)c2ccc(CN)cc2)cc1S(=O)(=O)N(C)C. The Balaban J connectivity index is 2.33. The molecule has 0 heterocycles. The highest BCUT2D eigenvalue weighted by Crippen LogP contribution is 2.29. The topological polar surface area (TPSA) is 102 Å². The van der Waals surface area contributed by atoms with Gasteiger partial charge in [0.25, 0.3) is 5.91 Å². The minimum atomic E-state index is -3.72. The summed E-state index contributed by atoms with van der Waals surface area (Å²) in [5.74, 6) is -0.0996. The molecule has 2 aromatic rings. The third kappa shape index (κ3) is 4.40. The van der Waals surface area contributed by atoms with E-state index in [0.717, 1.165) is 9.87 Å². The van der Waals surface area contributed by atoms with Gasteiger partial charge in [-0.15, -0.1) is 0 Å². The zero-order valence-electron chi connectivity index (χ0n) is 15.0. The van der Waals surface area contributed by atoms with Crippen molar-refractivity contribution in [1.82, 2.24) is 4.31 Å². The Labute approximate surface area is 153 Å². The lowest BCUT2D eigenvalue weighted by Crippen LogP contribution is -2.23. The van der Waals surface area contributed by atoms with Gasteiger partial charge < -0.3 is 15.8 Å². The van der Waals surface area contributed by atoms with Crippen molar-refractivity contribution in [2.75, 3.05) is 26.0 Å². The Morgan fingerprint density at radius 1 is 1.15 bits per heavy atom. The number of carbonyl (C=O) groups excluding carboxylic acids is 1. The first kappa shape index (κ1) is 19.9. The van der Waals surface area contributed by atoms with E-state index < -0.39 is 10.0 Å². The number of carbonyl (C=O) groups is 1. The van der Waals surface area contributed by atoms with Gasteiger partial charge in [0.2, 0.25) is 10.0 Å². The number of nitrogens with zero attached hydrogens (tertiary/aromatic N) is 1. The van der Waals surface area contributed by atoms with Crippen molar-refractivity contribution in [3.63, 3.8) is 0 Å². The van der Waals surface area contributed by atoms with Crippen LogP contribution in [0.5, 0.6) is 5.75 Å². The molecule has 26 heavy (non-hydrogen) atoms. The van der Waals surface area contributed by atoms with Crippen LogP contribution >= 0.6 is 0 Å². The second-order valence-electron chi connectivity index (χ2n) is 5.74. The van der Waals surface area contributed by atoms with Crippen LogP contribution < -0.4 is 15.8 Å². The molecule has 0 bridgehead atoms. The van der Waals surface area contributed by atoms with Crippen molar-refractivity contribution in [1.29, 1.82) is 0 Å². The number of anilines is 1. The molecule has 0 aliphatic rings. The molecule has 0 aromatic heterocycles. The molecule has 0 aliphatic carbocycles. The number of ether oxygens (including phenoxy) is 1. The molecule has 0 fully saturated rings. The van der Waals surface area contributed by atoms with Gasteiger partial charge in [-0.3, -0.25) is 4.79 Å². The molecule has 0 saturated heterocycles. The number of nitrogens with two attached hydrogens (primary N) is 1. The predicted molar refractivity (Wildman–Crippen MR) is 101 cm³/mol. The average molecular weight is 377 g/mol. The summed E-state index contributed by atoms with van der Waals surface area (Å²) in [6.07, 6.45) is 0. The average Bonchev–Trinajstić information content (AvgIpc) is 2.63. The summed E-state index contributed by atoms with van der Waals surface area (Å²) in [5, 5.41) is 2.71. The van der Waals surface area contributed by atoms with Crippen LogP contribution in [-0.4, -0.2) is 39.3 Å². The molecular weight excluding hydrogens is 354 g/mol. The van der Waals surface area contributed by atoms with Crippen LogP contribution in [0.15, 0.2) is 47.4 Å². The molecule has 7 nitrogen and oxygen atoms in total. The summed E-state index contributed by atoms with van der Waals surface area (Å²) in [6.45, 7) is 2.49. The fraction of sp³-hybridized carbons (Fsp3) is 0.278. The first-order valence-electron chi connectivity index (χ1n) is 8.09. The van der Waals surface area contributed by atoms with Gasteiger partial charge in [0.05, 0.1) is 6.61 Å². The van der Waals surface area contributed by atoms with Gasteiger partial charge >= 0.3 is 0 Å². The van der Waals surface area contributed by atoms with Crippen molar-refractivity contribution in [3.05, 3.63) is 53.6 Å². The van der Waals surface area contributed by atoms with Gasteiger partial charge in [0.1, 0.15) is 10.6 Å². The minimum Gasteiger partial charge on any atom is -0.492 e. The van der Waals surface area contributed by atoms with Crippen molar-refractivity contribution >= 4 is 21.6 Å². The fourth-order valence-electron chi connectivity index (χ4n) is 2.25. The number of nitrogens with one attached hydrogen (secondary N) is 1. The number of benzene rings is 2. The standard InChI is InChI=1S/C18H23N3O4S/c1-4-25-16-10-9-15(11-17(16)26(23,24)21(2)3)20-18(22)14-7-5-13(12-19)6-8-14/h5-11H,4,12,19H2,1-3H3,(H,20,22). The van der Waals surface area contributed by atoms with Crippen molar-refractivity contribution in [2.24, 2.45) is 5.73 Å². The number of sulfonamides is 1. The third-order valence-corrected chi connectivity index (χ3v) is 5.55. The van der Waals surface area contributed by atoms with E-state index in [1.54, 1.807) is 37.3 Å². The highest BCUT2D eigenvalue weighted by atomic mass is 32.2. The maximum atomic E-state index is 12.5. The van der Waals surface area contributed by atoms with E-state index in [-0.39, 0.29) is 16.6 Å². The summed E-state index contributed by atoms with van der Waals surface area (Å²) >= 11 is 0. The highest BCUT2D eigenvalue weighted by molar-refractivity contribution is 7.89. The summed E-state index contributed by atoms with van der Waals surface area (Å²) in [6, 6.07) is 11.4. The van der Waals surface area contributed by atoms with Gasteiger partial charge in [-0.05, 0) is 42.8 Å². The monoisotopic (exact) mass is 377 g/mol. The molecule has 3 N–H and O–H groups in total. The number of hydrogen-bond acceptors (Lipinski definition) is 5. The van der Waals surface area contributed by atoms with E-state index in [1.807, 2.05) is 0 Å². The summed E-state index contributed by atoms with van der Waals surface area (Å²) < 4.78 is 31.6. The molecular formula is C18H23N3O4S. The Kier molecular flexibility index (Phi) is 6.36. The molecule has 140 valence electrons. The van der Waals surface area contributed by atoms with Crippen LogP contribution in [0.3, 0.4) is 0 Å². The molecule has 0 atom stereocenters. The molecule has 0 radical (unpaired) electrons. The van der Waals surface area contributed by atoms with E-state index in [9.17, 15) is 13.2 Å². The van der Waals surface area contributed by atoms with Gasteiger partial charge in [-0.1, -0.05) is 12.1 Å². The Hall–Kier alpha value is -2.42. The van der Waals surface area contributed by atoms with E-state index in [1.165, 1.54) is 26.2 Å². The van der Waals surface area contributed by atoms with Crippen molar-refractivity contribution in [3.8, 4) is 5.75 Å². The fourth-order valence-corrected chi connectivity index (χ4v) is 3.30. The van der Waals surface area contributed by atoms with Crippen molar-refractivity contribution < 1.29 is 17.9 Å². The van der Waals surface area contributed by atoms with E-state index >= 15 is 0 Å². The zero-order valence-corrected chi connectivity index (χ0v) is 15.8. The lowest BCUT2D eigenvalue weighted by atomic mass is 10.1. The smallest absolute Gasteiger partial charge is 0.255 e. The summed E-state index contributed by atoms with van der Waals surface area (Å²) in [4.78, 5) is 12.4. The maximum Gasteiger partial charge on any atom is 0.255 e. The molecule has 0 saturated carbocycles. The number of amides is 1. The summed E-state index contributed by atoms with van der Waals surface area (Å²) in [5.41, 5.74) is 7.28. The Morgan fingerprint density at radius 2 is 1.81 bits per heavy atom. The normalized spacial score (nSPS) is 11.4. The third-order valence-electron chi connectivity index (χ3n) is 3.71. The van der Waals surface area contributed by atoms with E-state index in [2.05, 4.69) is 5.32 Å². The quantitative estimate of drug-likeness (QED) is 0.769. The molecule has 8 heteroatoms. The number of hydrogen-bond donors (Lipinski definition) is 2. The van der Waals surface area contributed by atoms with Crippen LogP contribution in [0.1, 0.15) is 22.8 Å². The molecule has 0 unspecified atom stereocenters. The van der Waals surface area contributed by atoms with Gasteiger partial charge in [0, 0.05) is 31.9 Å². The highest BCUT2D eigenvalue weighted by Gasteiger charge is 2.23. The first-order valence-corrected chi connectivity index (χ1v) is 9.53.